The zero-order valence-corrected chi connectivity index (χ0v) is 16.3. The normalized spacial score (nSPS) is 24.5. The Labute approximate surface area is 164 Å². The molecular formula is C18H26ClN3O5. The van der Waals surface area contributed by atoms with E-state index in [2.05, 4.69) is 10.6 Å². The van der Waals surface area contributed by atoms with Gasteiger partial charge in [-0.25, -0.2) is 0 Å². The van der Waals surface area contributed by atoms with Crippen LogP contribution in [0.1, 0.15) is 6.42 Å². The molecule has 27 heavy (non-hydrogen) atoms. The van der Waals surface area contributed by atoms with Crippen LogP contribution < -0.4 is 25.0 Å². The van der Waals surface area contributed by atoms with Crippen LogP contribution in [0.15, 0.2) is 18.2 Å². The van der Waals surface area contributed by atoms with Gasteiger partial charge in [0.1, 0.15) is 11.5 Å². The zero-order chi connectivity index (χ0) is 18.7. The minimum absolute atomic E-state index is 0. The van der Waals surface area contributed by atoms with Gasteiger partial charge in [0.2, 0.25) is 11.8 Å². The number of aliphatic hydroxyl groups is 1. The van der Waals surface area contributed by atoms with Crippen molar-refractivity contribution in [3.8, 4) is 11.5 Å². The summed E-state index contributed by atoms with van der Waals surface area (Å²) in [7, 11) is 3.09. The second kappa shape index (κ2) is 9.25. The van der Waals surface area contributed by atoms with Gasteiger partial charge in [-0.1, -0.05) is 0 Å². The number of anilines is 1. The van der Waals surface area contributed by atoms with Crippen LogP contribution >= 0.6 is 12.4 Å². The molecule has 150 valence electrons. The molecular weight excluding hydrogens is 374 g/mol. The van der Waals surface area contributed by atoms with Crippen molar-refractivity contribution < 1.29 is 24.2 Å². The molecule has 2 amide bonds. The summed E-state index contributed by atoms with van der Waals surface area (Å²) in [5, 5.41) is 15.8. The van der Waals surface area contributed by atoms with Gasteiger partial charge in [-0.3, -0.25) is 9.59 Å². The predicted molar refractivity (Wildman–Crippen MR) is 103 cm³/mol. The van der Waals surface area contributed by atoms with E-state index in [1.54, 1.807) is 30.2 Å². The lowest BCUT2D eigenvalue weighted by atomic mass is 10.0. The Morgan fingerprint density at radius 2 is 2.11 bits per heavy atom. The maximum atomic E-state index is 12.4. The average molecular weight is 400 g/mol. The number of ether oxygens (including phenoxy) is 2. The summed E-state index contributed by atoms with van der Waals surface area (Å²) in [6.45, 7) is 1.94. The van der Waals surface area contributed by atoms with E-state index in [0.29, 0.717) is 43.4 Å². The molecule has 9 heteroatoms. The van der Waals surface area contributed by atoms with Gasteiger partial charge in [0.05, 0.1) is 31.9 Å². The first kappa shape index (κ1) is 21.3. The Bertz CT molecular complexity index is 687. The summed E-state index contributed by atoms with van der Waals surface area (Å²) in [6, 6.07) is 5.23. The van der Waals surface area contributed by atoms with E-state index in [9.17, 15) is 14.7 Å². The number of methoxy groups -OCH3 is 2. The fraction of sp³-hybridized carbons (Fsp3) is 0.556. The van der Waals surface area contributed by atoms with E-state index in [4.69, 9.17) is 9.47 Å². The lowest BCUT2D eigenvalue weighted by Gasteiger charge is -2.20. The molecule has 2 saturated heterocycles. The molecule has 3 N–H and O–H groups in total. The van der Waals surface area contributed by atoms with Gasteiger partial charge in [-0.05, 0) is 12.1 Å². The first-order chi connectivity index (χ1) is 12.5. The van der Waals surface area contributed by atoms with Gasteiger partial charge < -0.3 is 30.1 Å². The molecule has 1 aromatic carbocycles. The summed E-state index contributed by atoms with van der Waals surface area (Å²) in [5.74, 6) is 0.479. The summed E-state index contributed by atoms with van der Waals surface area (Å²) in [5.41, 5.74) is 0.629. The number of aliphatic hydroxyl groups excluding tert-OH is 1. The molecule has 1 aromatic rings. The van der Waals surface area contributed by atoms with Crippen LogP contribution in [0, 0.1) is 11.8 Å². The SMILES string of the molecule is COc1ccc(N2CC(C(=O)NCC3CNCC3O)CC2=O)c(OC)c1.Cl. The molecule has 0 bridgehead atoms. The highest BCUT2D eigenvalue weighted by atomic mass is 35.5. The fourth-order valence-corrected chi connectivity index (χ4v) is 3.43. The molecule has 2 aliphatic rings. The molecule has 3 rings (SSSR count). The van der Waals surface area contributed by atoms with Crippen molar-refractivity contribution in [1.82, 2.24) is 10.6 Å². The monoisotopic (exact) mass is 399 g/mol. The van der Waals surface area contributed by atoms with Crippen LogP contribution in [-0.2, 0) is 9.59 Å². The highest BCUT2D eigenvalue weighted by Gasteiger charge is 2.37. The molecule has 0 radical (unpaired) electrons. The Morgan fingerprint density at radius 3 is 2.74 bits per heavy atom. The third-order valence-corrected chi connectivity index (χ3v) is 5.02. The molecule has 0 aliphatic carbocycles. The van der Waals surface area contributed by atoms with Crippen molar-refractivity contribution in [2.45, 2.75) is 12.5 Å². The molecule has 8 nitrogen and oxygen atoms in total. The van der Waals surface area contributed by atoms with E-state index in [1.807, 2.05) is 0 Å². The second-order valence-corrected chi connectivity index (χ2v) is 6.67. The van der Waals surface area contributed by atoms with E-state index < -0.39 is 12.0 Å². The van der Waals surface area contributed by atoms with Crippen LogP contribution in [-0.4, -0.2) is 63.4 Å². The third kappa shape index (κ3) is 4.63. The number of benzene rings is 1. The Hall–Kier alpha value is -2.03. The summed E-state index contributed by atoms with van der Waals surface area (Å²) in [6.07, 6.45) is -0.285. The highest BCUT2D eigenvalue weighted by Crippen LogP contribution is 2.35. The van der Waals surface area contributed by atoms with E-state index in [1.165, 1.54) is 7.11 Å². The largest absolute Gasteiger partial charge is 0.497 e. The van der Waals surface area contributed by atoms with Crippen LogP contribution in [0.5, 0.6) is 11.5 Å². The van der Waals surface area contributed by atoms with E-state index in [-0.39, 0.29) is 36.6 Å². The topological polar surface area (TPSA) is 100 Å². The summed E-state index contributed by atoms with van der Waals surface area (Å²) < 4.78 is 10.5. The summed E-state index contributed by atoms with van der Waals surface area (Å²) in [4.78, 5) is 26.5. The number of amides is 2. The lowest BCUT2D eigenvalue weighted by Crippen LogP contribution is -2.38. The number of carbonyl (C=O) groups is 2. The Kier molecular flexibility index (Phi) is 7.29. The predicted octanol–water partition coefficient (Wildman–Crippen LogP) is 0.175. The van der Waals surface area contributed by atoms with Gasteiger partial charge in [0, 0.05) is 44.6 Å². The maximum Gasteiger partial charge on any atom is 0.227 e. The van der Waals surface area contributed by atoms with Crippen LogP contribution in [0.4, 0.5) is 5.69 Å². The van der Waals surface area contributed by atoms with Gasteiger partial charge in [-0.15, -0.1) is 12.4 Å². The molecule has 2 fully saturated rings. The van der Waals surface area contributed by atoms with Gasteiger partial charge >= 0.3 is 0 Å². The molecule has 0 saturated carbocycles. The van der Waals surface area contributed by atoms with Crippen LogP contribution in [0.2, 0.25) is 0 Å². The number of rotatable bonds is 6. The number of hydrogen-bond acceptors (Lipinski definition) is 6. The van der Waals surface area contributed by atoms with Crippen LogP contribution in [0.3, 0.4) is 0 Å². The molecule has 0 aromatic heterocycles. The first-order valence-electron chi connectivity index (χ1n) is 8.72. The van der Waals surface area contributed by atoms with E-state index in [0.717, 1.165) is 0 Å². The highest BCUT2D eigenvalue weighted by molar-refractivity contribution is 6.01. The Morgan fingerprint density at radius 1 is 1.33 bits per heavy atom. The average Bonchev–Trinajstić information content (AvgIpc) is 3.24. The smallest absolute Gasteiger partial charge is 0.227 e. The van der Waals surface area contributed by atoms with Crippen molar-refractivity contribution in [2.24, 2.45) is 11.8 Å². The lowest BCUT2D eigenvalue weighted by molar-refractivity contribution is -0.126. The molecule has 2 aliphatic heterocycles. The maximum absolute atomic E-state index is 12.4. The molecule has 0 spiro atoms. The van der Waals surface area contributed by atoms with Gasteiger partial charge in [0.15, 0.2) is 0 Å². The van der Waals surface area contributed by atoms with Crippen molar-refractivity contribution in [3.63, 3.8) is 0 Å². The fourth-order valence-electron chi connectivity index (χ4n) is 3.43. The van der Waals surface area contributed by atoms with Crippen molar-refractivity contribution in [1.29, 1.82) is 0 Å². The number of β-amino-alcohol motifs (C(OH)–C–C–N with tert-alkyl or cyclic N) is 1. The third-order valence-electron chi connectivity index (χ3n) is 5.02. The molecule has 3 unspecified atom stereocenters. The Balaban J connectivity index is 0.00000261. The van der Waals surface area contributed by atoms with E-state index >= 15 is 0 Å². The number of carbonyl (C=O) groups excluding carboxylic acids is 2. The van der Waals surface area contributed by atoms with Gasteiger partial charge in [-0.2, -0.15) is 0 Å². The summed E-state index contributed by atoms with van der Waals surface area (Å²) >= 11 is 0. The first-order valence-corrected chi connectivity index (χ1v) is 8.72. The number of hydrogen-bond donors (Lipinski definition) is 3. The second-order valence-electron chi connectivity index (χ2n) is 6.67. The number of halogens is 1. The van der Waals surface area contributed by atoms with Crippen LogP contribution in [0.25, 0.3) is 0 Å². The quantitative estimate of drug-likeness (QED) is 0.630. The molecule has 2 heterocycles. The number of nitrogens with zero attached hydrogens (tertiary/aromatic N) is 1. The number of nitrogens with one attached hydrogen (secondary N) is 2. The van der Waals surface area contributed by atoms with Crippen molar-refractivity contribution in [2.75, 3.05) is 45.3 Å². The van der Waals surface area contributed by atoms with Crippen molar-refractivity contribution in [3.05, 3.63) is 18.2 Å². The minimum atomic E-state index is -0.444. The minimum Gasteiger partial charge on any atom is -0.497 e. The zero-order valence-electron chi connectivity index (χ0n) is 15.4. The standard InChI is InChI=1S/C18H25N3O5.ClH/c1-25-13-3-4-14(16(6-13)26-2)21-10-11(5-17(21)23)18(24)20-8-12-7-19-9-15(12)22;/h3-4,6,11-12,15,19,22H,5,7-10H2,1-2H3,(H,20,24);1H. The molecule has 3 atom stereocenters. The van der Waals surface area contributed by atoms with Gasteiger partial charge in [0.25, 0.3) is 0 Å². The van der Waals surface area contributed by atoms with Crippen molar-refractivity contribution >= 4 is 29.9 Å².